The number of aryl methyl sites for hydroxylation is 1. The highest BCUT2D eigenvalue weighted by Gasteiger charge is 2.15. The Morgan fingerprint density at radius 2 is 2.22 bits per heavy atom. The molecule has 0 bridgehead atoms. The molecule has 1 amide bonds. The van der Waals surface area contributed by atoms with E-state index < -0.39 is 0 Å². The van der Waals surface area contributed by atoms with Crippen molar-refractivity contribution >= 4 is 11.6 Å². The molecule has 0 aliphatic carbocycles. The molecule has 0 aliphatic rings. The third-order valence-corrected chi connectivity index (χ3v) is 2.95. The van der Waals surface area contributed by atoms with Gasteiger partial charge in [-0.05, 0) is 20.8 Å². The van der Waals surface area contributed by atoms with Crippen molar-refractivity contribution in [2.24, 2.45) is 0 Å². The van der Waals surface area contributed by atoms with Crippen LogP contribution in [-0.2, 0) is 11.3 Å². The van der Waals surface area contributed by atoms with Gasteiger partial charge in [0.25, 0.3) is 0 Å². The Morgan fingerprint density at radius 1 is 1.56 bits per heavy atom. The summed E-state index contributed by atoms with van der Waals surface area (Å²) in [6, 6.07) is 2.04. The molecule has 0 radical (unpaired) electrons. The first-order valence-corrected chi connectivity index (χ1v) is 5.95. The molecule has 0 atom stereocenters. The lowest BCUT2D eigenvalue weighted by Gasteiger charge is -2.19. The molecule has 98 valence electrons. The van der Waals surface area contributed by atoms with E-state index in [0.717, 1.165) is 11.4 Å². The smallest absolute Gasteiger partial charge is 0.244 e. The Morgan fingerprint density at radius 3 is 2.67 bits per heavy atom. The Kier molecular flexibility index (Phi) is 4.72. The van der Waals surface area contributed by atoms with Crippen LogP contribution in [0.5, 0.6) is 0 Å². The summed E-state index contributed by atoms with van der Waals surface area (Å²) >= 11 is 0. The van der Waals surface area contributed by atoms with Crippen LogP contribution in [0.3, 0.4) is 0 Å². The lowest BCUT2D eigenvalue weighted by molar-refractivity contribution is -0.131. The number of amides is 1. The molecule has 6 nitrogen and oxygen atoms in total. The third kappa shape index (κ3) is 3.00. The van der Waals surface area contributed by atoms with Gasteiger partial charge in [-0.2, -0.15) is 10.4 Å². The summed E-state index contributed by atoms with van der Waals surface area (Å²) in [6.07, 6.45) is 0.346. The number of rotatable bonds is 5. The topological polar surface area (TPSA) is 87.9 Å². The molecule has 0 spiro atoms. The van der Waals surface area contributed by atoms with Gasteiger partial charge < -0.3 is 10.6 Å². The van der Waals surface area contributed by atoms with E-state index in [1.807, 2.05) is 26.8 Å². The lowest BCUT2D eigenvalue weighted by Crippen LogP contribution is -2.34. The Hall–Kier alpha value is -2.03. The van der Waals surface area contributed by atoms with Crippen molar-refractivity contribution in [1.82, 2.24) is 14.7 Å². The zero-order valence-electron chi connectivity index (χ0n) is 11.1. The van der Waals surface area contributed by atoms with Crippen molar-refractivity contribution in [2.45, 2.75) is 33.7 Å². The van der Waals surface area contributed by atoms with Gasteiger partial charge in [-0.3, -0.25) is 9.48 Å². The van der Waals surface area contributed by atoms with Crippen LogP contribution < -0.4 is 5.73 Å². The summed E-state index contributed by atoms with van der Waals surface area (Å²) in [6.45, 7) is 6.77. The number of nitrogens with two attached hydrogens (primary N) is 1. The van der Waals surface area contributed by atoms with Gasteiger partial charge >= 0.3 is 0 Å². The number of likely N-dealkylation sites (N-methyl/N-ethyl adjacent to an activating group) is 1. The minimum Gasteiger partial charge on any atom is -0.396 e. The van der Waals surface area contributed by atoms with Crippen LogP contribution >= 0.6 is 0 Å². The molecular formula is C12H19N5O. The van der Waals surface area contributed by atoms with Gasteiger partial charge in [0, 0.05) is 13.1 Å². The van der Waals surface area contributed by atoms with E-state index in [-0.39, 0.29) is 12.5 Å². The maximum atomic E-state index is 12.0. The average Bonchev–Trinajstić information content (AvgIpc) is 2.58. The quantitative estimate of drug-likeness (QED) is 0.837. The molecule has 0 unspecified atom stereocenters. The first kappa shape index (κ1) is 14.0. The minimum absolute atomic E-state index is 0.0432. The molecular weight excluding hydrogens is 230 g/mol. The van der Waals surface area contributed by atoms with Crippen molar-refractivity contribution in [1.29, 1.82) is 5.26 Å². The zero-order chi connectivity index (χ0) is 13.7. The van der Waals surface area contributed by atoms with Gasteiger partial charge in [0.2, 0.25) is 5.91 Å². The van der Waals surface area contributed by atoms with Crippen LogP contribution in [-0.4, -0.2) is 33.7 Å². The fourth-order valence-electron chi connectivity index (χ4n) is 1.74. The van der Waals surface area contributed by atoms with Gasteiger partial charge in [-0.15, -0.1) is 0 Å². The average molecular weight is 249 g/mol. The molecule has 1 heterocycles. The molecule has 0 saturated carbocycles. The van der Waals surface area contributed by atoms with Crippen molar-refractivity contribution < 1.29 is 4.79 Å². The summed E-state index contributed by atoms with van der Waals surface area (Å²) in [5.74, 6) is -0.0432. The Labute approximate surface area is 107 Å². The second-order valence-corrected chi connectivity index (χ2v) is 4.12. The molecule has 1 aromatic rings. The lowest BCUT2D eigenvalue weighted by atomic mass is 10.3. The summed E-state index contributed by atoms with van der Waals surface area (Å²) < 4.78 is 1.61. The summed E-state index contributed by atoms with van der Waals surface area (Å²) in [7, 11) is 0. The molecule has 0 saturated heterocycles. The van der Waals surface area contributed by atoms with E-state index >= 15 is 0 Å². The number of aromatic nitrogens is 2. The third-order valence-electron chi connectivity index (χ3n) is 2.95. The Bertz CT molecular complexity index is 472. The minimum atomic E-state index is -0.0432. The number of carbonyl (C=O) groups is 1. The monoisotopic (exact) mass is 249 g/mol. The molecule has 6 heteroatoms. The predicted molar refractivity (Wildman–Crippen MR) is 68.6 cm³/mol. The molecule has 0 fully saturated rings. The van der Waals surface area contributed by atoms with E-state index in [4.69, 9.17) is 11.0 Å². The number of carbonyl (C=O) groups excluding carboxylic acids is 1. The molecule has 18 heavy (non-hydrogen) atoms. The van der Waals surface area contributed by atoms with E-state index in [9.17, 15) is 4.79 Å². The maximum absolute atomic E-state index is 12.0. The summed E-state index contributed by atoms with van der Waals surface area (Å²) in [4.78, 5) is 13.7. The number of nitriles is 1. The second kappa shape index (κ2) is 6.05. The largest absolute Gasteiger partial charge is 0.396 e. The molecule has 0 aliphatic heterocycles. The standard InChI is InChI=1S/C12H19N5O/c1-4-16(7-5-6-13)11(18)8-17-10(3)12(14)9(2)15-17/h4-5,7-8,14H2,1-3H3. The summed E-state index contributed by atoms with van der Waals surface area (Å²) in [5.41, 5.74) is 7.98. The first-order chi connectivity index (χ1) is 8.51. The molecule has 2 N–H and O–H groups in total. The van der Waals surface area contributed by atoms with Gasteiger partial charge in [0.05, 0.1) is 29.6 Å². The second-order valence-electron chi connectivity index (χ2n) is 4.12. The summed E-state index contributed by atoms with van der Waals surface area (Å²) in [5, 5.41) is 12.8. The molecule has 1 rings (SSSR count). The van der Waals surface area contributed by atoms with E-state index in [0.29, 0.717) is 25.2 Å². The Balaban J connectivity index is 2.74. The normalized spacial score (nSPS) is 10.1. The number of hydrogen-bond acceptors (Lipinski definition) is 4. The molecule has 0 aromatic carbocycles. The van der Waals surface area contributed by atoms with Gasteiger partial charge in [-0.25, -0.2) is 0 Å². The number of hydrogen-bond donors (Lipinski definition) is 1. The maximum Gasteiger partial charge on any atom is 0.244 e. The predicted octanol–water partition coefficient (Wildman–Crippen LogP) is 0.844. The highest BCUT2D eigenvalue weighted by molar-refractivity contribution is 5.76. The van der Waals surface area contributed by atoms with Crippen molar-refractivity contribution in [3.05, 3.63) is 11.4 Å². The zero-order valence-corrected chi connectivity index (χ0v) is 11.1. The van der Waals surface area contributed by atoms with Crippen LogP contribution in [0.15, 0.2) is 0 Å². The van der Waals surface area contributed by atoms with Crippen LogP contribution in [0.2, 0.25) is 0 Å². The van der Waals surface area contributed by atoms with Crippen molar-refractivity contribution in [3.63, 3.8) is 0 Å². The van der Waals surface area contributed by atoms with Crippen LogP contribution in [0.25, 0.3) is 0 Å². The molecule has 1 aromatic heterocycles. The first-order valence-electron chi connectivity index (χ1n) is 5.95. The highest BCUT2D eigenvalue weighted by atomic mass is 16.2. The van der Waals surface area contributed by atoms with Crippen LogP contribution in [0.4, 0.5) is 5.69 Å². The van der Waals surface area contributed by atoms with Gasteiger partial charge in [-0.1, -0.05) is 0 Å². The van der Waals surface area contributed by atoms with E-state index in [1.54, 1.807) is 9.58 Å². The highest BCUT2D eigenvalue weighted by Crippen LogP contribution is 2.14. The fourth-order valence-corrected chi connectivity index (χ4v) is 1.74. The van der Waals surface area contributed by atoms with Gasteiger partial charge in [0.15, 0.2) is 0 Å². The number of nitrogen functional groups attached to an aromatic ring is 1. The number of anilines is 1. The van der Waals surface area contributed by atoms with Crippen LogP contribution in [0.1, 0.15) is 24.7 Å². The fraction of sp³-hybridized carbons (Fsp3) is 0.583. The van der Waals surface area contributed by atoms with E-state index in [1.165, 1.54) is 0 Å². The van der Waals surface area contributed by atoms with Gasteiger partial charge in [0.1, 0.15) is 6.54 Å². The number of nitrogens with zero attached hydrogens (tertiary/aromatic N) is 4. The van der Waals surface area contributed by atoms with Crippen LogP contribution in [0, 0.1) is 25.2 Å². The van der Waals surface area contributed by atoms with Crippen molar-refractivity contribution in [2.75, 3.05) is 18.8 Å². The van der Waals surface area contributed by atoms with E-state index in [2.05, 4.69) is 5.10 Å². The SMILES string of the molecule is CCN(CCC#N)C(=O)Cn1nc(C)c(N)c1C. The van der Waals surface area contributed by atoms with Crippen molar-refractivity contribution in [3.8, 4) is 6.07 Å².